The average molecular weight is 451 g/mol. The number of rotatable bonds is 9. The summed E-state index contributed by atoms with van der Waals surface area (Å²) in [5.74, 6) is 2.44. The highest BCUT2D eigenvalue weighted by Gasteiger charge is 2.32. The zero-order chi connectivity index (χ0) is 23.3. The van der Waals surface area contributed by atoms with E-state index in [4.69, 9.17) is 9.47 Å². The third-order valence-corrected chi connectivity index (χ3v) is 7.04. The van der Waals surface area contributed by atoms with Crippen LogP contribution in [-0.2, 0) is 4.74 Å². The normalized spacial score (nSPS) is 13.8. The molecule has 0 aliphatic rings. The molecule has 0 N–H and O–H groups in total. The molecule has 0 saturated heterocycles. The second-order valence-corrected chi connectivity index (χ2v) is 10.7. The molecule has 3 aromatic carbocycles. The van der Waals surface area contributed by atoms with Crippen molar-refractivity contribution in [1.82, 2.24) is 0 Å². The molecular formula is C28H34O3S. The summed E-state index contributed by atoms with van der Waals surface area (Å²) in [6, 6.07) is 21.7. The van der Waals surface area contributed by atoms with E-state index in [0.29, 0.717) is 5.56 Å². The van der Waals surface area contributed by atoms with Crippen molar-refractivity contribution in [1.29, 1.82) is 0 Å². The molecule has 0 saturated carbocycles. The van der Waals surface area contributed by atoms with Crippen molar-refractivity contribution >= 4 is 28.3 Å². The van der Waals surface area contributed by atoms with Gasteiger partial charge in [-0.2, -0.15) is 0 Å². The Morgan fingerprint density at radius 1 is 0.875 bits per heavy atom. The van der Waals surface area contributed by atoms with Crippen molar-refractivity contribution in [2.24, 2.45) is 5.41 Å². The molecule has 3 nitrogen and oxygen atoms in total. The Morgan fingerprint density at radius 2 is 1.50 bits per heavy atom. The topological polar surface area (TPSA) is 35.5 Å². The van der Waals surface area contributed by atoms with E-state index in [2.05, 4.69) is 45.9 Å². The van der Waals surface area contributed by atoms with Crippen molar-refractivity contribution in [3.63, 3.8) is 0 Å². The van der Waals surface area contributed by atoms with Crippen LogP contribution >= 0.6 is 11.8 Å². The second kappa shape index (κ2) is 10.5. The fourth-order valence-corrected chi connectivity index (χ4v) is 4.99. The standard InChI is InChI=1S/C28H34O3S/c1-19(2)30-20(3)18-32-27(28(4,5)6)26(29)22-12-14-24(15-13-22)31-25-16-11-21-9-7-8-10-23(21)17-25/h7-17,19-20,27H,18H2,1-6H3. The maximum Gasteiger partial charge on any atom is 0.176 e. The molecule has 0 aliphatic carbocycles. The number of benzene rings is 3. The Bertz CT molecular complexity index is 1030. The molecule has 2 atom stereocenters. The van der Waals surface area contributed by atoms with E-state index in [0.717, 1.165) is 22.6 Å². The highest BCUT2D eigenvalue weighted by atomic mass is 32.2. The fraction of sp³-hybridized carbons (Fsp3) is 0.393. The molecule has 0 bridgehead atoms. The molecule has 0 heterocycles. The van der Waals surface area contributed by atoms with Crippen molar-refractivity contribution in [3.8, 4) is 11.5 Å². The Morgan fingerprint density at radius 3 is 2.12 bits per heavy atom. The van der Waals surface area contributed by atoms with E-state index < -0.39 is 0 Å². The van der Waals surface area contributed by atoms with E-state index in [-0.39, 0.29) is 28.7 Å². The molecule has 3 aromatic rings. The van der Waals surface area contributed by atoms with Gasteiger partial charge in [0, 0.05) is 11.3 Å². The molecule has 0 aromatic heterocycles. The highest BCUT2D eigenvalue weighted by molar-refractivity contribution is 8.00. The maximum absolute atomic E-state index is 13.3. The van der Waals surface area contributed by atoms with Gasteiger partial charge < -0.3 is 9.47 Å². The van der Waals surface area contributed by atoms with E-state index in [9.17, 15) is 4.79 Å². The molecule has 32 heavy (non-hydrogen) atoms. The number of Topliss-reactive ketones (excluding diaryl/α,β-unsaturated/α-hetero) is 1. The molecule has 4 heteroatoms. The zero-order valence-electron chi connectivity index (χ0n) is 19.9. The van der Waals surface area contributed by atoms with Gasteiger partial charge in [-0.15, -0.1) is 11.8 Å². The van der Waals surface area contributed by atoms with Crippen LogP contribution in [0.25, 0.3) is 10.8 Å². The largest absolute Gasteiger partial charge is 0.457 e. The van der Waals surface area contributed by atoms with Gasteiger partial charge in [0.1, 0.15) is 11.5 Å². The first-order valence-corrected chi connectivity index (χ1v) is 12.3. The number of carbonyl (C=O) groups excluding carboxylic acids is 1. The van der Waals surface area contributed by atoms with Crippen LogP contribution in [0.2, 0.25) is 0 Å². The Balaban J connectivity index is 1.69. The third kappa shape index (κ3) is 6.60. The third-order valence-electron chi connectivity index (χ3n) is 5.12. The van der Waals surface area contributed by atoms with E-state index >= 15 is 0 Å². The lowest BCUT2D eigenvalue weighted by molar-refractivity contribution is 0.0326. The number of fused-ring (bicyclic) bond motifs is 1. The smallest absolute Gasteiger partial charge is 0.176 e. The van der Waals surface area contributed by atoms with Gasteiger partial charge >= 0.3 is 0 Å². The van der Waals surface area contributed by atoms with Gasteiger partial charge in [-0.05, 0) is 73.4 Å². The predicted octanol–water partition coefficient (Wildman–Crippen LogP) is 7.78. The molecule has 170 valence electrons. The van der Waals surface area contributed by atoms with Gasteiger partial charge in [-0.25, -0.2) is 0 Å². The molecule has 0 spiro atoms. The van der Waals surface area contributed by atoms with Crippen LogP contribution in [0.15, 0.2) is 66.7 Å². The van der Waals surface area contributed by atoms with Gasteiger partial charge in [-0.1, -0.05) is 51.1 Å². The Hall–Kier alpha value is -2.30. The van der Waals surface area contributed by atoms with E-state index in [1.165, 1.54) is 5.39 Å². The minimum atomic E-state index is -0.153. The van der Waals surface area contributed by atoms with Crippen LogP contribution < -0.4 is 4.74 Å². The lowest BCUT2D eigenvalue weighted by Crippen LogP contribution is -2.33. The number of hydrogen-bond donors (Lipinski definition) is 0. The Labute approximate surface area is 196 Å². The summed E-state index contributed by atoms with van der Waals surface area (Å²) < 4.78 is 11.9. The molecule has 0 fully saturated rings. The summed E-state index contributed by atoms with van der Waals surface area (Å²) in [6.07, 6.45) is 0.292. The van der Waals surface area contributed by atoms with Crippen molar-refractivity contribution in [3.05, 3.63) is 72.3 Å². The van der Waals surface area contributed by atoms with Crippen molar-refractivity contribution in [2.75, 3.05) is 5.75 Å². The first kappa shape index (κ1) is 24.3. The molecule has 3 rings (SSSR count). The van der Waals surface area contributed by atoms with E-state index in [1.54, 1.807) is 11.8 Å². The first-order chi connectivity index (χ1) is 15.1. The first-order valence-electron chi connectivity index (χ1n) is 11.2. The summed E-state index contributed by atoms with van der Waals surface area (Å²) in [5, 5.41) is 2.17. The quantitative estimate of drug-likeness (QED) is 0.312. The molecule has 0 aliphatic heterocycles. The van der Waals surface area contributed by atoms with Gasteiger partial charge in [0.15, 0.2) is 5.78 Å². The highest BCUT2D eigenvalue weighted by Crippen LogP contribution is 2.34. The monoisotopic (exact) mass is 450 g/mol. The number of thioether (sulfide) groups is 1. The summed E-state index contributed by atoms with van der Waals surface area (Å²) >= 11 is 1.68. The molecule has 2 unspecified atom stereocenters. The Kier molecular flexibility index (Phi) is 8.02. The van der Waals surface area contributed by atoms with E-state index in [1.807, 2.05) is 62.4 Å². The second-order valence-electron chi connectivity index (χ2n) is 9.57. The van der Waals surface area contributed by atoms with Crippen molar-refractivity contribution < 1.29 is 14.3 Å². The number of hydrogen-bond acceptors (Lipinski definition) is 4. The maximum atomic E-state index is 13.3. The van der Waals surface area contributed by atoms with Gasteiger partial charge in [-0.3, -0.25) is 4.79 Å². The van der Waals surface area contributed by atoms with Crippen LogP contribution in [0, 0.1) is 5.41 Å². The number of carbonyl (C=O) groups is 1. The number of ether oxygens (including phenoxy) is 2. The molecular weight excluding hydrogens is 416 g/mol. The number of ketones is 1. The average Bonchev–Trinajstić information content (AvgIpc) is 2.72. The van der Waals surface area contributed by atoms with Crippen LogP contribution in [0.1, 0.15) is 51.9 Å². The van der Waals surface area contributed by atoms with Gasteiger partial charge in [0.2, 0.25) is 0 Å². The summed E-state index contributed by atoms with van der Waals surface area (Å²) in [7, 11) is 0. The fourth-order valence-electron chi connectivity index (χ4n) is 3.66. The minimum absolute atomic E-state index is 0.107. The van der Waals surface area contributed by atoms with Gasteiger partial charge in [0.05, 0.1) is 17.5 Å². The zero-order valence-corrected chi connectivity index (χ0v) is 20.7. The lowest BCUT2D eigenvalue weighted by atomic mass is 9.87. The van der Waals surface area contributed by atoms with Crippen LogP contribution in [0.5, 0.6) is 11.5 Å². The SMILES string of the molecule is CC(C)OC(C)CSC(C(=O)c1ccc(Oc2ccc3ccccc3c2)cc1)C(C)(C)C. The summed E-state index contributed by atoms with van der Waals surface area (Å²) in [6.45, 7) is 12.5. The summed E-state index contributed by atoms with van der Waals surface area (Å²) in [5.41, 5.74) is 0.556. The lowest BCUT2D eigenvalue weighted by Gasteiger charge is -2.30. The molecule has 0 amide bonds. The minimum Gasteiger partial charge on any atom is -0.457 e. The van der Waals surface area contributed by atoms with Crippen LogP contribution in [0.4, 0.5) is 0 Å². The van der Waals surface area contributed by atoms with Gasteiger partial charge in [0.25, 0.3) is 0 Å². The van der Waals surface area contributed by atoms with Crippen LogP contribution in [0.3, 0.4) is 0 Å². The summed E-state index contributed by atoms with van der Waals surface area (Å²) in [4.78, 5) is 13.3. The molecule has 0 radical (unpaired) electrons. The van der Waals surface area contributed by atoms with Crippen molar-refractivity contribution in [2.45, 2.75) is 59.0 Å². The van der Waals surface area contributed by atoms with Crippen LogP contribution in [-0.4, -0.2) is 29.0 Å². The predicted molar refractivity (Wildman–Crippen MR) is 136 cm³/mol.